The first-order valence-corrected chi connectivity index (χ1v) is 5.19. The molecular formula is C11H12ClNO3. The van der Waals surface area contributed by atoms with Crippen LogP contribution in [0.5, 0.6) is 0 Å². The first kappa shape index (κ1) is 12.7. The van der Waals surface area contributed by atoms with Crippen molar-refractivity contribution >= 4 is 29.0 Å². The highest BCUT2D eigenvalue weighted by Gasteiger charge is 2.05. The molecule has 0 aliphatic carbocycles. The van der Waals surface area contributed by atoms with Crippen molar-refractivity contribution in [2.75, 3.05) is 24.9 Å². The Kier molecular flexibility index (Phi) is 4.95. The van der Waals surface area contributed by atoms with Crippen LogP contribution >= 0.6 is 11.6 Å². The fraction of sp³-hybridized carbons (Fsp3) is 0.273. The zero-order chi connectivity index (χ0) is 12.0. The highest BCUT2D eigenvalue weighted by atomic mass is 35.5. The van der Waals surface area contributed by atoms with Crippen molar-refractivity contribution < 1.29 is 14.3 Å². The molecule has 86 valence electrons. The van der Waals surface area contributed by atoms with Crippen LogP contribution in [0.1, 0.15) is 10.4 Å². The second-order valence-corrected chi connectivity index (χ2v) is 3.38. The zero-order valence-electron chi connectivity index (χ0n) is 8.83. The minimum atomic E-state index is -0.237. The summed E-state index contributed by atoms with van der Waals surface area (Å²) in [5.41, 5.74) is 1.15. The normalized spacial score (nSPS) is 9.88. The summed E-state index contributed by atoms with van der Waals surface area (Å²) in [6, 6.07) is 6.53. The second kappa shape index (κ2) is 6.25. The Morgan fingerprint density at radius 1 is 1.31 bits per heavy atom. The van der Waals surface area contributed by atoms with E-state index in [9.17, 15) is 9.59 Å². The number of ether oxygens (including phenoxy) is 1. The number of benzene rings is 1. The van der Waals surface area contributed by atoms with Gasteiger partial charge >= 0.3 is 0 Å². The smallest absolute Gasteiger partial charge is 0.250 e. The number of carbonyl (C=O) groups is 2. The lowest BCUT2D eigenvalue weighted by atomic mass is 10.1. The Morgan fingerprint density at radius 3 is 2.44 bits per heavy atom. The summed E-state index contributed by atoms with van der Waals surface area (Å²) in [7, 11) is 1.45. The largest absolute Gasteiger partial charge is 0.375 e. The molecule has 1 aromatic carbocycles. The van der Waals surface area contributed by atoms with Gasteiger partial charge in [0.05, 0.1) is 5.88 Å². The molecule has 1 amide bonds. The van der Waals surface area contributed by atoms with E-state index in [2.05, 4.69) is 10.1 Å². The van der Waals surface area contributed by atoms with E-state index in [1.54, 1.807) is 24.3 Å². The summed E-state index contributed by atoms with van der Waals surface area (Å²) in [4.78, 5) is 22.4. The zero-order valence-corrected chi connectivity index (χ0v) is 9.58. The van der Waals surface area contributed by atoms with E-state index in [0.717, 1.165) is 0 Å². The number of hydrogen-bond donors (Lipinski definition) is 1. The molecule has 1 rings (SSSR count). The highest BCUT2D eigenvalue weighted by molar-refractivity contribution is 6.30. The third-order valence-corrected chi connectivity index (χ3v) is 2.13. The standard InChI is InChI=1S/C11H12ClNO3/c1-16-7-11(15)13-9-4-2-8(3-5-9)10(14)6-12/h2-5H,6-7H2,1H3,(H,13,15). The van der Waals surface area contributed by atoms with Gasteiger partial charge in [0, 0.05) is 18.4 Å². The maximum absolute atomic E-state index is 11.2. The van der Waals surface area contributed by atoms with Crippen LogP contribution in [-0.4, -0.2) is 31.3 Å². The van der Waals surface area contributed by atoms with Crippen molar-refractivity contribution in [1.29, 1.82) is 0 Å². The molecule has 0 bridgehead atoms. The Bertz CT molecular complexity index is 375. The van der Waals surface area contributed by atoms with Crippen LogP contribution in [-0.2, 0) is 9.53 Å². The first-order chi connectivity index (χ1) is 7.67. The van der Waals surface area contributed by atoms with Crippen molar-refractivity contribution in [2.24, 2.45) is 0 Å². The number of hydrogen-bond acceptors (Lipinski definition) is 3. The molecule has 0 heterocycles. The second-order valence-electron chi connectivity index (χ2n) is 3.12. The number of Topliss-reactive ketones (excluding diaryl/α,β-unsaturated/α-hetero) is 1. The predicted molar refractivity (Wildman–Crippen MR) is 62.0 cm³/mol. The van der Waals surface area contributed by atoms with Gasteiger partial charge in [0.25, 0.3) is 0 Å². The van der Waals surface area contributed by atoms with Gasteiger partial charge in [-0.1, -0.05) is 0 Å². The van der Waals surface area contributed by atoms with Gasteiger partial charge in [0.15, 0.2) is 5.78 Å². The van der Waals surface area contributed by atoms with Crippen LogP contribution in [0.25, 0.3) is 0 Å². The molecule has 0 saturated heterocycles. The van der Waals surface area contributed by atoms with E-state index in [1.165, 1.54) is 7.11 Å². The number of alkyl halides is 1. The predicted octanol–water partition coefficient (Wildman–Crippen LogP) is 1.69. The van der Waals surface area contributed by atoms with Crippen LogP contribution in [0, 0.1) is 0 Å². The lowest BCUT2D eigenvalue weighted by Gasteiger charge is -2.04. The SMILES string of the molecule is COCC(=O)Nc1ccc(C(=O)CCl)cc1. The van der Waals surface area contributed by atoms with Gasteiger partial charge in [0.1, 0.15) is 6.61 Å². The van der Waals surface area contributed by atoms with E-state index in [-0.39, 0.29) is 24.2 Å². The van der Waals surface area contributed by atoms with Gasteiger partial charge in [0.2, 0.25) is 5.91 Å². The van der Waals surface area contributed by atoms with Gasteiger partial charge < -0.3 is 10.1 Å². The molecule has 1 N–H and O–H groups in total. The number of anilines is 1. The van der Waals surface area contributed by atoms with Crippen molar-refractivity contribution in [3.63, 3.8) is 0 Å². The van der Waals surface area contributed by atoms with E-state index >= 15 is 0 Å². The Balaban J connectivity index is 2.64. The van der Waals surface area contributed by atoms with Gasteiger partial charge in [-0.2, -0.15) is 0 Å². The minimum absolute atomic E-state index is 0.00234. The van der Waals surface area contributed by atoms with Gasteiger partial charge in [-0.15, -0.1) is 11.6 Å². The van der Waals surface area contributed by atoms with Gasteiger partial charge in [-0.3, -0.25) is 9.59 Å². The maximum atomic E-state index is 11.2. The Hall–Kier alpha value is -1.39. The minimum Gasteiger partial charge on any atom is -0.375 e. The van der Waals surface area contributed by atoms with Crippen LogP contribution in [0.2, 0.25) is 0 Å². The Morgan fingerprint density at radius 2 is 1.94 bits per heavy atom. The van der Waals surface area contributed by atoms with Crippen LogP contribution in [0.15, 0.2) is 24.3 Å². The third kappa shape index (κ3) is 3.64. The van der Waals surface area contributed by atoms with Crippen molar-refractivity contribution in [3.8, 4) is 0 Å². The van der Waals surface area contributed by atoms with E-state index in [1.807, 2.05) is 0 Å². The van der Waals surface area contributed by atoms with Gasteiger partial charge in [-0.25, -0.2) is 0 Å². The van der Waals surface area contributed by atoms with Crippen LogP contribution in [0.3, 0.4) is 0 Å². The fourth-order valence-electron chi connectivity index (χ4n) is 1.14. The summed E-state index contributed by atoms with van der Waals surface area (Å²) in [6.45, 7) is 0.00234. The number of rotatable bonds is 5. The summed E-state index contributed by atoms with van der Waals surface area (Å²) >= 11 is 5.42. The lowest BCUT2D eigenvalue weighted by Crippen LogP contribution is -2.17. The summed E-state index contributed by atoms with van der Waals surface area (Å²) in [6.07, 6.45) is 0. The van der Waals surface area contributed by atoms with Crippen LogP contribution in [0.4, 0.5) is 5.69 Å². The molecule has 0 fully saturated rings. The molecule has 0 radical (unpaired) electrons. The molecular weight excluding hydrogens is 230 g/mol. The average Bonchev–Trinajstić information content (AvgIpc) is 2.29. The molecule has 0 aliphatic heterocycles. The number of carbonyl (C=O) groups excluding carboxylic acids is 2. The topological polar surface area (TPSA) is 55.4 Å². The number of nitrogens with one attached hydrogen (secondary N) is 1. The summed E-state index contributed by atoms with van der Waals surface area (Å²) in [5.74, 6) is -0.426. The first-order valence-electron chi connectivity index (χ1n) is 4.65. The van der Waals surface area contributed by atoms with E-state index in [0.29, 0.717) is 11.3 Å². The molecule has 0 atom stereocenters. The third-order valence-electron chi connectivity index (χ3n) is 1.89. The molecule has 4 nitrogen and oxygen atoms in total. The van der Waals surface area contributed by atoms with Crippen molar-refractivity contribution in [3.05, 3.63) is 29.8 Å². The van der Waals surface area contributed by atoms with E-state index in [4.69, 9.17) is 11.6 Å². The van der Waals surface area contributed by atoms with E-state index < -0.39 is 0 Å². The van der Waals surface area contributed by atoms with Gasteiger partial charge in [-0.05, 0) is 24.3 Å². The molecule has 0 aromatic heterocycles. The maximum Gasteiger partial charge on any atom is 0.250 e. The lowest BCUT2D eigenvalue weighted by molar-refractivity contribution is -0.119. The molecule has 0 aliphatic rings. The molecule has 16 heavy (non-hydrogen) atoms. The molecule has 0 saturated carbocycles. The summed E-state index contributed by atoms with van der Waals surface area (Å²) < 4.78 is 4.67. The molecule has 5 heteroatoms. The quantitative estimate of drug-likeness (QED) is 0.631. The summed E-state index contributed by atoms with van der Waals surface area (Å²) in [5, 5.41) is 2.62. The Labute approximate surface area is 98.5 Å². The number of ketones is 1. The monoisotopic (exact) mass is 241 g/mol. The fourth-order valence-corrected chi connectivity index (χ4v) is 1.30. The van der Waals surface area contributed by atoms with Crippen molar-refractivity contribution in [2.45, 2.75) is 0 Å². The molecule has 0 unspecified atom stereocenters. The van der Waals surface area contributed by atoms with Crippen LogP contribution < -0.4 is 5.32 Å². The number of methoxy groups -OCH3 is 1. The van der Waals surface area contributed by atoms with Crippen molar-refractivity contribution in [1.82, 2.24) is 0 Å². The average molecular weight is 242 g/mol. The molecule has 0 spiro atoms. The highest BCUT2D eigenvalue weighted by Crippen LogP contribution is 2.10. The number of halogens is 1. The molecule has 1 aromatic rings. The number of amides is 1.